The van der Waals surface area contributed by atoms with Crippen LogP contribution >= 0.6 is 0 Å². The third kappa shape index (κ3) is 16.2. The van der Waals surface area contributed by atoms with Crippen molar-refractivity contribution in [2.45, 2.75) is 122 Å². The van der Waals surface area contributed by atoms with Crippen molar-refractivity contribution in [2.24, 2.45) is 10.8 Å². The van der Waals surface area contributed by atoms with E-state index in [1.165, 1.54) is 83.1 Å². The zero-order chi connectivity index (χ0) is 37.2. The summed E-state index contributed by atoms with van der Waals surface area (Å²) in [6.45, 7) is 26.9. The van der Waals surface area contributed by atoms with Crippen LogP contribution in [-0.4, -0.2) is 0 Å². The van der Waals surface area contributed by atoms with Crippen LogP contribution in [0.5, 0.6) is 0 Å². The summed E-state index contributed by atoms with van der Waals surface area (Å²) in [6.07, 6.45) is 51.2. The van der Waals surface area contributed by atoms with Gasteiger partial charge in [-0.25, -0.2) is 0 Å². The van der Waals surface area contributed by atoms with Crippen LogP contribution in [0, 0.1) is 10.8 Å². The Hall–Kier alpha value is -3.90. The van der Waals surface area contributed by atoms with Crippen LogP contribution in [0.1, 0.15) is 122 Å². The summed E-state index contributed by atoms with van der Waals surface area (Å²) in [5.74, 6) is 0. The van der Waals surface area contributed by atoms with Gasteiger partial charge in [0, 0.05) is 0 Å². The van der Waals surface area contributed by atoms with E-state index in [1.807, 2.05) is 0 Å². The van der Waals surface area contributed by atoms with E-state index in [2.05, 4.69) is 205 Å². The Labute approximate surface area is 308 Å². The first-order valence-electron chi connectivity index (χ1n) is 18.8. The summed E-state index contributed by atoms with van der Waals surface area (Å²) in [7, 11) is 0. The third-order valence-corrected chi connectivity index (χ3v) is 9.81. The van der Waals surface area contributed by atoms with Crippen LogP contribution in [0.25, 0.3) is 0 Å². The van der Waals surface area contributed by atoms with Crippen molar-refractivity contribution in [2.75, 3.05) is 0 Å². The highest BCUT2D eigenvalue weighted by Gasteiger charge is 2.27. The van der Waals surface area contributed by atoms with Gasteiger partial charge in [-0.05, 0) is 116 Å². The highest BCUT2D eigenvalue weighted by atomic mass is 14.3. The van der Waals surface area contributed by atoms with Crippen LogP contribution in [0.15, 0.2) is 177 Å². The van der Waals surface area contributed by atoms with E-state index in [4.69, 9.17) is 0 Å². The van der Waals surface area contributed by atoms with Crippen LogP contribution in [0.2, 0.25) is 0 Å². The SMILES string of the molecule is CC1=C(/C=C/C=C(C)/C=C/C=C(C)/C=C/C=C(C)/C=C/C=C(C)/C=C/C=C(C)/C=C/C=C(C)/C=C/C2=C(C)CCCC2(C)C)C(C)(C)CCC1. The van der Waals surface area contributed by atoms with Gasteiger partial charge in [0.15, 0.2) is 0 Å². The van der Waals surface area contributed by atoms with Crippen LogP contribution in [-0.2, 0) is 0 Å². The van der Waals surface area contributed by atoms with Gasteiger partial charge in [-0.15, -0.1) is 0 Å². The summed E-state index contributed by atoms with van der Waals surface area (Å²) < 4.78 is 0. The van der Waals surface area contributed by atoms with E-state index in [0.717, 1.165) is 0 Å². The van der Waals surface area contributed by atoms with Crippen molar-refractivity contribution < 1.29 is 0 Å². The minimum Gasteiger partial charge on any atom is -0.0696 e. The molecule has 0 aromatic carbocycles. The van der Waals surface area contributed by atoms with Gasteiger partial charge >= 0.3 is 0 Å². The molecule has 268 valence electrons. The van der Waals surface area contributed by atoms with Crippen molar-refractivity contribution >= 4 is 0 Å². The molecule has 0 saturated carbocycles. The van der Waals surface area contributed by atoms with Gasteiger partial charge in [0.25, 0.3) is 0 Å². The molecule has 0 spiro atoms. The molecule has 0 aromatic heterocycles. The topological polar surface area (TPSA) is 0 Å². The van der Waals surface area contributed by atoms with Crippen LogP contribution in [0.4, 0.5) is 0 Å². The summed E-state index contributed by atoms with van der Waals surface area (Å²) in [5, 5.41) is 0. The zero-order valence-electron chi connectivity index (χ0n) is 33.8. The molecule has 0 amide bonds. The Morgan fingerprint density at radius 3 is 1.00 bits per heavy atom. The second-order valence-electron chi connectivity index (χ2n) is 15.8. The Morgan fingerprint density at radius 1 is 0.400 bits per heavy atom. The minimum absolute atomic E-state index is 0.283. The predicted molar refractivity (Wildman–Crippen MR) is 227 cm³/mol. The predicted octanol–water partition coefficient (Wildman–Crippen LogP) is 15.6. The van der Waals surface area contributed by atoms with Crippen molar-refractivity contribution in [1.29, 1.82) is 0 Å². The fraction of sp³-hybridized carbons (Fsp3) is 0.400. The van der Waals surface area contributed by atoms with Gasteiger partial charge in [-0.1, -0.05) is 194 Å². The second-order valence-corrected chi connectivity index (χ2v) is 15.8. The van der Waals surface area contributed by atoms with Crippen LogP contribution in [0.3, 0.4) is 0 Å². The highest BCUT2D eigenvalue weighted by molar-refractivity contribution is 5.39. The molecule has 2 aliphatic carbocycles. The summed E-state index contributed by atoms with van der Waals surface area (Å²) in [5.41, 5.74) is 14.1. The Kier molecular flexibility index (Phi) is 18.0. The summed E-state index contributed by atoms with van der Waals surface area (Å²) >= 11 is 0. The first kappa shape index (κ1) is 42.3. The van der Waals surface area contributed by atoms with E-state index in [-0.39, 0.29) is 10.8 Å². The normalized spacial score (nSPS) is 21.0. The lowest BCUT2D eigenvalue weighted by molar-refractivity contribution is 0.376. The van der Waals surface area contributed by atoms with Gasteiger partial charge in [0.05, 0.1) is 0 Å². The van der Waals surface area contributed by atoms with Gasteiger partial charge < -0.3 is 0 Å². The van der Waals surface area contributed by atoms with Crippen molar-refractivity contribution in [3.63, 3.8) is 0 Å². The van der Waals surface area contributed by atoms with Crippen LogP contribution < -0.4 is 0 Å². The van der Waals surface area contributed by atoms with E-state index in [1.54, 1.807) is 11.1 Å². The lowest BCUT2D eigenvalue weighted by atomic mass is 9.72. The molecule has 0 unspecified atom stereocenters. The average molecular weight is 669 g/mol. The fourth-order valence-electron chi connectivity index (χ4n) is 6.62. The number of allylic oxidation sites excluding steroid dienone is 30. The Balaban J connectivity index is 1.84. The molecule has 0 nitrogen and oxygen atoms in total. The first-order valence-corrected chi connectivity index (χ1v) is 18.8. The maximum absolute atomic E-state index is 2.37. The fourth-order valence-corrected chi connectivity index (χ4v) is 6.62. The largest absolute Gasteiger partial charge is 0.0696 e. The average Bonchev–Trinajstić information content (AvgIpc) is 3.01. The standard InChI is InChI=1S/C50H68/c1-39(23-14-24-41(3)27-16-28-43(5)31-18-34-47-45(7)32-19-37-49(47,9)10)21-13-22-40(2)25-15-26-42(4)29-17-30-44(6)35-36-48-46(8)33-20-38-50(48,11)12/h13-18,21-31,34-36H,19-20,32-33,37-38H2,1-12H3/b21-13+,24-14+,25-15+,28-16+,29-17+,34-18+,36-35+,39-23+,40-22+,41-27+,42-26+,43-31+,44-30+. The molecule has 2 aliphatic rings. The molecule has 2 rings (SSSR count). The third-order valence-electron chi connectivity index (χ3n) is 9.81. The molecule has 0 heteroatoms. The second kappa shape index (κ2) is 21.3. The van der Waals surface area contributed by atoms with E-state index in [9.17, 15) is 0 Å². The smallest absolute Gasteiger partial charge is 0.0104 e. The van der Waals surface area contributed by atoms with E-state index >= 15 is 0 Å². The van der Waals surface area contributed by atoms with Crippen molar-refractivity contribution in [3.05, 3.63) is 177 Å². The monoisotopic (exact) mass is 669 g/mol. The van der Waals surface area contributed by atoms with Gasteiger partial charge in [0.2, 0.25) is 0 Å². The summed E-state index contributed by atoms with van der Waals surface area (Å²) in [6, 6.07) is 0. The van der Waals surface area contributed by atoms with E-state index < -0.39 is 0 Å². The molecular formula is C50H68. The molecule has 0 fully saturated rings. The zero-order valence-corrected chi connectivity index (χ0v) is 33.8. The lowest BCUT2D eigenvalue weighted by Crippen LogP contribution is -2.19. The van der Waals surface area contributed by atoms with Gasteiger partial charge in [0.1, 0.15) is 0 Å². The maximum atomic E-state index is 2.37. The molecule has 0 aromatic rings. The van der Waals surface area contributed by atoms with Gasteiger partial charge in [-0.3, -0.25) is 0 Å². The molecule has 0 N–H and O–H groups in total. The Bertz CT molecular complexity index is 1620. The molecule has 0 bridgehead atoms. The first-order chi connectivity index (χ1) is 23.6. The van der Waals surface area contributed by atoms with E-state index in [0.29, 0.717) is 0 Å². The van der Waals surface area contributed by atoms with Gasteiger partial charge in [-0.2, -0.15) is 0 Å². The number of hydrogen-bond acceptors (Lipinski definition) is 0. The molecule has 0 radical (unpaired) electrons. The minimum atomic E-state index is 0.283. The van der Waals surface area contributed by atoms with Crippen molar-refractivity contribution in [1.82, 2.24) is 0 Å². The molecule has 0 aliphatic heterocycles. The lowest BCUT2D eigenvalue weighted by Gasteiger charge is -2.32. The molecule has 50 heavy (non-hydrogen) atoms. The number of hydrogen-bond donors (Lipinski definition) is 0. The highest BCUT2D eigenvalue weighted by Crippen LogP contribution is 2.41. The molecule has 0 saturated heterocycles. The molecular weight excluding hydrogens is 601 g/mol. The maximum Gasteiger partial charge on any atom is -0.0104 e. The van der Waals surface area contributed by atoms with Crippen molar-refractivity contribution in [3.8, 4) is 0 Å². The Morgan fingerprint density at radius 2 is 0.680 bits per heavy atom. The number of rotatable bonds is 14. The quantitative estimate of drug-likeness (QED) is 0.162. The summed E-state index contributed by atoms with van der Waals surface area (Å²) in [4.78, 5) is 0. The molecule has 0 heterocycles. The molecule has 0 atom stereocenters.